The summed E-state index contributed by atoms with van der Waals surface area (Å²) in [5, 5.41) is 29.2. The van der Waals surface area contributed by atoms with E-state index in [0.717, 1.165) is 27.8 Å². The van der Waals surface area contributed by atoms with Crippen LogP contribution in [0.5, 0.6) is 0 Å². The number of carbonyl (C=O) groups excluding carboxylic acids is 5. The third-order valence-electron chi connectivity index (χ3n) is 10.3. The minimum absolute atomic E-state index is 0.0683. The van der Waals surface area contributed by atoms with Crippen molar-refractivity contribution in [3.8, 4) is 22.7 Å². The third-order valence-corrected chi connectivity index (χ3v) is 13.0. The minimum Gasteiger partial charge on any atom is -0.480 e. The van der Waals surface area contributed by atoms with Crippen LogP contribution in [0.4, 0.5) is 15.3 Å². The average molecular weight is 921 g/mol. The molecule has 6 amide bonds. The number of carboxylic acids is 1. The largest absolute Gasteiger partial charge is 0.480 e. The van der Waals surface area contributed by atoms with Crippen LogP contribution in [0.3, 0.4) is 0 Å². The number of imide groups is 1. The SMILES string of the molecule is Cc1nnc(-c2cc(-c3ccc(NC(=O)N4Cc5ccncc5C4)cc3)nn(CCCCCCNC(=O)CN3C(=O)CC(SC[C@H](NC(=O)OCCS(C)(C)C)C(=O)O)C3=O)c2=O)o1. The fourth-order valence-electron chi connectivity index (χ4n) is 6.76. The number of hydrogen-bond acceptors (Lipinski definition) is 14. The fraction of sp³-hybridized carbons (Fsp3) is 0.452. The first-order chi connectivity index (χ1) is 30.5. The number of likely N-dealkylation sites (tertiary alicyclic amines) is 1. The van der Waals surface area contributed by atoms with E-state index in [1.54, 1.807) is 54.5 Å². The number of amides is 6. The van der Waals surface area contributed by atoms with Crippen molar-refractivity contribution in [1.82, 2.24) is 45.4 Å². The quantitative estimate of drug-likeness (QED) is 0.0729. The molecule has 4 N–H and O–H groups in total. The highest BCUT2D eigenvalue weighted by Gasteiger charge is 2.40. The Hall–Kier alpha value is -6.29. The molecule has 0 aliphatic carbocycles. The van der Waals surface area contributed by atoms with E-state index in [0.29, 0.717) is 73.9 Å². The van der Waals surface area contributed by atoms with Crippen molar-refractivity contribution in [1.29, 1.82) is 0 Å². The summed E-state index contributed by atoms with van der Waals surface area (Å²) >= 11 is 0.923. The molecular weight excluding hydrogens is 869 g/mol. The number of aryl methyl sites for hydroxylation is 2. The number of pyridine rings is 1. The molecule has 342 valence electrons. The van der Waals surface area contributed by atoms with E-state index in [-0.39, 0.29) is 42.8 Å². The molecule has 3 aromatic heterocycles. The molecule has 2 atom stereocenters. The summed E-state index contributed by atoms with van der Waals surface area (Å²) in [5.41, 5.74) is 3.64. The summed E-state index contributed by atoms with van der Waals surface area (Å²) < 4.78 is 12.1. The molecule has 1 saturated heterocycles. The standard InChI is InChI=1S/C42H52N10O10S2/c1-26-47-48-37(62-26)31-19-32(27-9-11-30(12-10-27)45-41(59)50-22-28-13-15-43-21-29(28)23-50)49-52(38(31)55)16-8-6-5-7-14-44-35(53)24-51-36(54)20-34(39(51)56)63-25-33(40(57)58)46-42(60)61-17-18-64(2,3)4/h9-13,15,19,21,33-34H,5-8,14,16-18,20,22-25H2,1-4H3,(H,44,53)(H,45,59)(H,46,60)(H,57,58)/t33-,34?/m0/s1. The lowest BCUT2D eigenvalue weighted by molar-refractivity contribution is -0.142. The van der Waals surface area contributed by atoms with Crippen LogP contribution in [-0.2, 0) is 43.5 Å². The van der Waals surface area contributed by atoms with Gasteiger partial charge in [0.1, 0.15) is 24.8 Å². The highest BCUT2D eigenvalue weighted by Crippen LogP contribution is 2.33. The summed E-state index contributed by atoms with van der Waals surface area (Å²) in [6, 6.07) is 9.05. The van der Waals surface area contributed by atoms with Crippen molar-refractivity contribution in [3.63, 3.8) is 0 Å². The second kappa shape index (κ2) is 21.4. The van der Waals surface area contributed by atoms with Crippen LogP contribution in [0.25, 0.3) is 22.7 Å². The van der Waals surface area contributed by atoms with E-state index in [1.807, 2.05) is 6.07 Å². The summed E-state index contributed by atoms with van der Waals surface area (Å²) in [6.07, 6.45) is 11.2. The van der Waals surface area contributed by atoms with Crippen LogP contribution >= 0.6 is 21.8 Å². The molecule has 0 saturated carbocycles. The molecule has 20 nitrogen and oxygen atoms in total. The molecule has 1 aromatic carbocycles. The molecule has 64 heavy (non-hydrogen) atoms. The van der Waals surface area contributed by atoms with Gasteiger partial charge in [-0.3, -0.25) is 29.1 Å². The number of aromatic nitrogens is 5. The molecular formula is C42H52N10O10S2. The first kappa shape index (κ1) is 47.2. The Balaban J connectivity index is 0.942. The van der Waals surface area contributed by atoms with Gasteiger partial charge in [0.05, 0.1) is 10.9 Å². The maximum atomic E-state index is 13.6. The van der Waals surface area contributed by atoms with E-state index in [1.165, 1.54) is 4.68 Å². The van der Waals surface area contributed by atoms with Gasteiger partial charge in [-0.05, 0) is 67.0 Å². The van der Waals surface area contributed by atoms with Gasteiger partial charge < -0.3 is 35.1 Å². The predicted octanol–water partition coefficient (Wildman–Crippen LogP) is 3.62. The lowest BCUT2D eigenvalue weighted by Gasteiger charge is -2.24. The van der Waals surface area contributed by atoms with Crippen molar-refractivity contribution < 1.29 is 43.0 Å². The van der Waals surface area contributed by atoms with Gasteiger partial charge in [0.25, 0.3) is 11.4 Å². The van der Waals surface area contributed by atoms with Gasteiger partial charge in [-0.15, -0.1) is 22.0 Å². The van der Waals surface area contributed by atoms with Gasteiger partial charge in [-0.2, -0.15) is 5.10 Å². The van der Waals surface area contributed by atoms with E-state index in [9.17, 15) is 38.7 Å². The maximum Gasteiger partial charge on any atom is 0.407 e. The Morgan fingerprint density at radius 2 is 1.75 bits per heavy atom. The maximum absolute atomic E-state index is 13.6. The second-order valence-electron chi connectivity index (χ2n) is 16.2. The third kappa shape index (κ3) is 12.9. The normalized spacial score (nSPS) is 15.5. The van der Waals surface area contributed by atoms with Crippen LogP contribution in [0.15, 0.2) is 58.0 Å². The number of alkyl carbamates (subject to hydrolysis) is 1. The molecule has 0 bridgehead atoms. The van der Waals surface area contributed by atoms with E-state index < -0.39 is 63.2 Å². The number of benzene rings is 1. The van der Waals surface area contributed by atoms with Crippen LogP contribution in [0.1, 0.15) is 49.1 Å². The topological polar surface area (TPSA) is 261 Å². The van der Waals surface area contributed by atoms with Gasteiger partial charge >= 0.3 is 18.1 Å². The van der Waals surface area contributed by atoms with Crippen molar-refractivity contribution in [2.45, 2.75) is 70.0 Å². The number of fused-ring (bicyclic) bond motifs is 1. The Bertz CT molecular complexity index is 2390. The molecule has 6 rings (SSSR count). The summed E-state index contributed by atoms with van der Waals surface area (Å²) in [7, 11) is -0.909. The van der Waals surface area contributed by atoms with E-state index in [2.05, 4.69) is 55.0 Å². The van der Waals surface area contributed by atoms with E-state index in [4.69, 9.17) is 9.15 Å². The van der Waals surface area contributed by atoms with Crippen molar-refractivity contribution >= 4 is 63.3 Å². The Labute approximate surface area is 374 Å². The number of unbranched alkanes of at least 4 members (excludes halogenated alkanes) is 3. The number of urea groups is 1. The number of anilines is 1. The van der Waals surface area contributed by atoms with Gasteiger partial charge in [0.2, 0.25) is 23.6 Å². The smallest absolute Gasteiger partial charge is 0.407 e. The molecule has 1 unspecified atom stereocenters. The van der Waals surface area contributed by atoms with Crippen molar-refractivity contribution in [2.24, 2.45) is 0 Å². The minimum atomic E-state index is -1.34. The summed E-state index contributed by atoms with van der Waals surface area (Å²) in [6.45, 7) is 2.86. The predicted molar refractivity (Wildman–Crippen MR) is 240 cm³/mol. The zero-order valence-corrected chi connectivity index (χ0v) is 37.7. The number of rotatable bonds is 20. The van der Waals surface area contributed by atoms with Crippen molar-refractivity contribution in [2.75, 3.05) is 55.3 Å². The Morgan fingerprint density at radius 3 is 2.45 bits per heavy atom. The number of ether oxygens (including phenoxy) is 1. The Kier molecular flexibility index (Phi) is 15.8. The molecule has 2 aliphatic heterocycles. The number of thioether (sulfide) groups is 1. The van der Waals surface area contributed by atoms with Crippen LogP contribution in [-0.4, -0.2) is 137 Å². The first-order valence-corrected chi connectivity index (χ1v) is 24.7. The fourth-order valence-corrected chi connectivity index (χ4v) is 8.52. The summed E-state index contributed by atoms with van der Waals surface area (Å²) in [4.78, 5) is 95.5. The number of hydrogen-bond donors (Lipinski definition) is 4. The first-order valence-electron chi connectivity index (χ1n) is 20.6. The number of nitrogens with zero attached hydrogens (tertiary/aromatic N) is 7. The zero-order valence-electron chi connectivity index (χ0n) is 36.0. The van der Waals surface area contributed by atoms with Crippen molar-refractivity contribution in [3.05, 3.63) is 76.2 Å². The van der Waals surface area contributed by atoms with Gasteiger partial charge in [0, 0.05) is 74.7 Å². The molecule has 2 aliphatic rings. The lowest BCUT2D eigenvalue weighted by Crippen LogP contribution is -2.44. The van der Waals surface area contributed by atoms with Crippen LogP contribution in [0.2, 0.25) is 0 Å². The van der Waals surface area contributed by atoms with Crippen LogP contribution < -0.4 is 21.5 Å². The molecule has 0 spiro atoms. The summed E-state index contributed by atoms with van der Waals surface area (Å²) in [5.74, 6) is -2.12. The number of carbonyl (C=O) groups is 6. The van der Waals surface area contributed by atoms with Gasteiger partial charge in [-0.1, -0.05) is 25.0 Å². The molecule has 22 heteroatoms. The molecule has 5 heterocycles. The highest BCUT2D eigenvalue weighted by atomic mass is 32.3. The lowest BCUT2D eigenvalue weighted by atomic mass is 10.1. The Morgan fingerprint density at radius 1 is 1.00 bits per heavy atom. The van der Waals surface area contributed by atoms with Crippen LogP contribution in [0, 0.1) is 6.92 Å². The second-order valence-corrected chi connectivity index (χ2v) is 22.0. The number of carboxylic acid groups (broad SMARTS) is 1. The monoisotopic (exact) mass is 920 g/mol. The van der Waals surface area contributed by atoms with E-state index >= 15 is 0 Å². The average Bonchev–Trinajstić information content (AvgIpc) is 3.96. The molecule has 1 fully saturated rings. The highest BCUT2D eigenvalue weighted by molar-refractivity contribution is 8.32. The van der Waals surface area contributed by atoms with Gasteiger partial charge in [-0.25, -0.2) is 29.1 Å². The zero-order chi connectivity index (χ0) is 46.0. The molecule has 4 aromatic rings. The molecule has 0 radical (unpaired) electrons. The number of aliphatic carboxylic acids is 1. The van der Waals surface area contributed by atoms with Gasteiger partial charge in [0.15, 0.2) is 0 Å². The number of nitrogens with one attached hydrogen (secondary N) is 3.